The fraction of sp³-hybridized carbons (Fsp3) is 0.190. The normalized spacial score (nSPS) is 12.0. The molecule has 0 amide bonds. The Bertz CT molecular complexity index is 858. The number of nitrogens with zero attached hydrogens (tertiary/aromatic N) is 1. The number of rotatable bonds is 6. The van der Waals surface area contributed by atoms with E-state index in [9.17, 15) is 14.9 Å². The Balaban J connectivity index is 2.10. The maximum atomic E-state index is 12.3. The van der Waals surface area contributed by atoms with E-state index in [2.05, 4.69) is 0 Å². The first-order chi connectivity index (χ1) is 12.4. The van der Waals surface area contributed by atoms with Crippen molar-refractivity contribution in [2.45, 2.75) is 20.0 Å². The van der Waals surface area contributed by atoms with Gasteiger partial charge in [0.1, 0.15) is 17.4 Å². The van der Waals surface area contributed by atoms with Crippen molar-refractivity contribution >= 4 is 17.8 Å². The molecule has 2 aromatic carbocycles. The van der Waals surface area contributed by atoms with Crippen LogP contribution in [-0.4, -0.2) is 25.0 Å². The zero-order valence-electron chi connectivity index (χ0n) is 14.9. The van der Waals surface area contributed by atoms with Gasteiger partial charge in [0, 0.05) is 5.56 Å². The maximum absolute atomic E-state index is 12.3. The number of carbonyl (C=O) groups excluding carboxylic acids is 2. The molecular formula is C21H19NO4. The Morgan fingerprint density at radius 3 is 2.23 bits per heavy atom. The molecule has 0 aliphatic heterocycles. The van der Waals surface area contributed by atoms with Crippen LogP contribution in [0.15, 0.2) is 54.1 Å². The predicted molar refractivity (Wildman–Crippen MR) is 97.6 cm³/mol. The summed E-state index contributed by atoms with van der Waals surface area (Å²) in [6.07, 6.45) is 0.419. The zero-order chi connectivity index (χ0) is 19.1. The second kappa shape index (κ2) is 8.63. The maximum Gasteiger partial charge on any atom is 0.349 e. The van der Waals surface area contributed by atoms with E-state index in [-0.39, 0.29) is 11.4 Å². The molecule has 0 bridgehead atoms. The Labute approximate surface area is 152 Å². The lowest BCUT2D eigenvalue weighted by molar-refractivity contribution is -0.141. The lowest BCUT2D eigenvalue weighted by Crippen LogP contribution is -2.25. The quantitative estimate of drug-likeness (QED) is 0.344. The zero-order valence-corrected chi connectivity index (χ0v) is 14.9. The number of methoxy groups -OCH3 is 1. The molecule has 0 radical (unpaired) electrons. The number of carbonyl (C=O) groups is 2. The van der Waals surface area contributed by atoms with Gasteiger partial charge in [-0.25, -0.2) is 4.79 Å². The summed E-state index contributed by atoms with van der Waals surface area (Å²) in [7, 11) is 1.55. The van der Waals surface area contributed by atoms with Crippen LogP contribution in [0, 0.1) is 18.3 Å². The lowest BCUT2D eigenvalue weighted by atomic mass is 10.1. The summed E-state index contributed by atoms with van der Waals surface area (Å²) < 4.78 is 10.2. The van der Waals surface area contributed by atoms with E-state index < -0.39 is 12.1 Å². The molecule has 5 nitrogen and oxygen atoms in total. The highest BCUT2D eigenvalue weighted by Crippen LogP contribution is 2.15. The number of aryl methyl sites for hydroxylation is 1. The topological polar surface area (TPSA) is 76.4 Å². The standard InChI is InChI=1S/C21H19NO4/c1-14-4-8-17(9-5-14)20(23)15(2)26-21(24)18(13-22)12-16-6-10-19(25-3)11-7-16/h4-12,15H,1-3H3/b18-12+/t15-/m0/s1. The van der Waals surface area contributed by atoms with Gasteiger partial charge >= 0.3 is 5.97 Å². The molecule has 0 aliphatic rings. The molecule has 132 valence electrons. The minimum Gasteiger partial charge on any atom is -0.497 e. The van der Waals surface area contributed by atoms with Crippen LogP contribution in [0.3, 0.4) is 0 Å². The van der Waals surface area contributed by atoms with Crippen molar-refractivity contribution in [2.24, 2.45) is 0 Å². The number of ketones is 1. The van der Waals surface area contributed by atoms with E-state index in [0.717, 1.165) is 5.56 Å². The van der Waals surface area contributed by atoms with Crippen LogP contribution in [-0.2, 0) is 9.53 Å². The van der Waals surface area contributed by atoms with Gasteiger partial charge in [-0.15, -0.1) is 0 Å². The summed E-state index contributed by atoms with van der Waals surface area (Å²) >= 11 is 0. The van der Waals surface area contributed by atoms with E-state index in [1.165, 1.54) is 13.0 Å². The van der Waals surface area contributed by atoms with Crippen molar-refractivity contribution in [2.75, 3.05) is 7.11 Å². The first-order valence-corrected chi connectivity index (χ1v) is 8.02. The van der Waals surface area contributed by atoms with Gasteiger partial charge < -0.3 is 9.47 Å². The van der Waals surface area contributed by atoms with E-state index in [0.29, 0.717) is 16.9 Å². The molecule has 0 saturated heterocycles. The molecule has 0 saturated carbocycles. The van der Waals surface area contributed by atoms with Gasteiger partial charge in [-0.2, -0.15) is 5.26 Å². The van der Waals surface area contributed by atoms with Gasteiger partial charge in [0.15, 0.2) is 6.10 Å². The molecule has 2 rings (SSSR count). The molecule has 5 heteroatoms. The summed E-state index contributed by atoms with van der Waals surface area (Å²) in [5.74, 6) is -0.489. The smallest absolute Gasteiger partial charge is 0.349 e. The monoisotopic (exact) mass is 349 g/mol. The first-order valence-electron chi connectivity index (χ1n) is 8.02. The van der Waals surface area contributed by atoms with Crippen molar-refractivity contribution in [3.05, 3.63) is 70.8 Å². The van der Waals surface area contributed by atoms with Gasteiger partial charge in [0.2, 0.25) is 5.78 Å². The number of hydrogen-bond acceptors (Lipinski definition) is 5. The van der Waals surface area contributed by atoms with Gasteiger partial charge in [0.25, 0.3) is 0 Å². The highest BCUT2D eigenvalue weighted by Gasteiger charge is 2.21. The predicted octanol–water partition coefficient (Wildman–Crippen LogP) is 3.73. The summed E-state index contributed by atoms with van der Waals surface area (Å²) in [5, 5.41) is 9.23. The van der Waals surface area contributed by atoms with Crippen molar-refractivity contribution in [1.29, 1.82) is 5.26 Å². The molecule has 0 aliphatic carbocycles. The molecule has 1 atom stereocenters. The molecule has 0 N–H and O–H groups in total. The molecular weight excluding hydrogens is 330 g/mol. The minimum atomic E-state index is -0.988. The van der Waals surface area contributed by atoms with E-state index in [1.807, 2.05) is 25.1 Å². The molecule has 0 aromatic heterocycles. The van der Waals surface area contributed by atoms with Crippen LogP contribution < -0.4 is 4.74 Å². The Morgan fingerprint density at radius 1 is 1.08 bits per heavy atom. The van der Waals surface area contributed by atoms with Crippen LogP contribution in [0.2, 0.25) is 0 Å². The van der Waals surface area contributed by atoms with Crippen LogP contribution in [0.4, 0.5) is 0 Å². The first kappa shape index (κ1) is 18.9. The van der Waals surface area contributed by atoms with E-state index >= 15 is 0 Å². The molecule has 2 aromatic rings. The molecule has 26 heavy (non-hydrogen) atoms. The summed E-state index contributed by atoms with van der Waals surface area (Å²) in [4.78, 5) is 24.5. The van der Waals surface area contributed by atoms with E-state index in [1.54, 1.807) is 43.5 Å². The second-order valence-corrected chi connectivity index (χ2v) is 5.72. The highest BCUT2D eigenvalue weighted by atomic mass is 16.5. The Kier molecular flexibility index (Phi) is 6.29. The molecule has 0 unspecified atom stereocenters. The third-order valence-electron chi connectivity index (χ3n) is 3.76. The summed E-state index contributed by atoms with van der Waals surface area (Å²) in [6, 6.07) is 15.7. The van der Waals surface area contributed by atoms with Crippen molar-refractivity contribution < 1.29 is 19.1 Å². The van der Waals surface area contributed by atoms with Crippen LogP contribution in [0.25, 0.3) is 6.08 Å². The number of Topliss-reactive ketones (excluding diaryl/α,β-unsaturated/α-hetero) is 1. The third-order valence-corrected chi connectivity index (χ3v) is 3.76. The summed E-state index contributed by atoms with van der Waals surface area (Å²) in [6.45, 7) is 3.41. The van der Waals surface area contributed by atoms with Crippen molar-refractivity contribution in [1.82, 2.24) is 0 Å². The second-order valence-electron chi connectivity index (χ2n) is 5.72. The number of esters is 1. The SMILES string of the molecule is COc1ccc(/C=C(\C#N)C(=O)O[C@@H](C)C(=O)c2ccc(C)cc2)cc1. The average molecular weight is 349 g/mol. The molecule has 0 fully saturated rings. The fourth-order valence-electron chi connectivity index (χ4n) is 2.23. The third kappa shape index (κ3) is 4.81. The Morgan fingerprint density at radius 2 is 1.69 bits per heavy atom. The van der Waals surface area contributed by atoms with Gasteiger partial charge in [0.05, 0.1) is 7.11 Å². The highest BCUT2D eigenvalue weighted by molar-refractivity contribution is 6.03. The van der Waals surface area contributed by atoms with Gasteiger partial charge in [-0.3, -0.25) is 4.79 Å². The fourth-order valence-corrected chi connectivity index (χ4v) is 2.23. The largest absolute Gasteiger partial charge is 0.497 e. The molecule has 0 spiro atoms. The van der Waals surface area contributed by atoms with Crippen LogP contribution >= 0.6 is 0 Å². The lowest BCUT2D eigenvalue weighted by Gasteiger charge is -2.12. The van der Waals surface area contributed by atoms with Gasteiger partial charge in [-0.1, -0.05) is 42.0 Å². The van der Waals surface area contributed by atoms with Crippen LogP contribution in [0.5, 0.6) is 5.75 Å². The average Bonchev–Trinajstić information content (AvgIpc) is 2.66. The molecule has 0 heterocycles. The van der Waals surface area contributed by atoms with E-state index in [4.69, 9.17) is 9.47 Å². The van der Waals surface area contributed by atoms with Crippen molar-refractivity contribution in [3.63, 3.8) is 0 Å². The summed E-state index contributed by atoms with van der Waals surface area (Å²) in [5.41, 5.74) is 1.95. The minimum absolute atomic E-state index is 0.182. The van der Waals surface area contributed by atoms with Gasteiger partial charge in [-0.05, 0) is 37.6 Å². The number of hydrogen-bond donors (Lipinski definition) is 0. The number of ether oxygens (including phenoxy) is 2. The van der Waals surface area contributed by atoms with Crippen LogP contribution in [0.1, 0.15) is 28.4 Å². The van der Waals surface area contributed by atoms with Crippen molar-refractivity contribution in [3.8, 4) is 11.8 Å². The number of nitriles is 1. The Hall–Kier alpha value is -3.39. The number of benzene rings is 2.